The highest BCUT2D eigenvalue weighted by molar-refractivity contribution is 5.88. The molecule has 5 heteroatoms. The maximum absolute atomic E-state index is 11.8. The molecule has 0 aromatic heterocycles. The SMILES string of the molecule is CN1CC(NC(=O)/C=C/CN2CCCC2)CCC1=O. The third-order valence-corrected chi connectivity index (χ3v) is 3.80. The highest BCUT2D eigenvalue weighted by Crippen LogP contribution is 2.09. The van der Waals surface area contributed by atoms with Crippen LogP contribution in [0.25, 0.3) is 0 Å². The van der Waals surface area contributed by atoms with Gasteiger partial charge in [-0.25, -0.2) is 0 Å². The molecule has 0 bridgehead atoms. The van der Waals surface area contributed by atoms with Crippen molar-refractivity contribution in [3.05, 3.63) is 12.2 Å². The van der Waals surface area contributed by atoms with Crippen LogP contribution in [-0.2, 0) is 9.59 Å². The van der Waals surface area contributed by atoms with Crippen LogP contribution in [0.5, 0.6) is 0 Å². The molecule has 1 N–H and O–H groups in total. The van der Waals surface area contributed by atoms with Crippen LogP contribution in [0.1, 0.15) is 25.7 Å². The number of nitrogens with zero attached hydrogens (tertiary/aromatic N) is 2. The minimum Gasteiger partial charge on any atom is -0.348 e. The van der Waals surface area contributed by atoms with Crippen LogP contribution in [-0.4, -0.2) is 60.9 Å². The van der Waals surface area contributed by atoms with E-state index in [0.717, 1.165) is 26.1 Å². The topological polar surface area (TPSA) is 52.7 Å². The van der Waals surface area contributed by atoms with Crippen molar-refractivity contribution in [2.75, 3.05) is 33.2 Å². The molecule has 0 saturated carbocycles. The summed E-state index contributed by atoms with van der Waals surface area (Å²) in [5.74, 6) is 0.113. The van der Waals surface area contributed by atoms with E-state index in [0.29, 0.717) is 13.0 Å². The van der Waals surface area contributed by atoms with E-state index >= 15 is 0 Å². The second kappa shape index (κ2) is 6.70. The van der Waals surface area contributed by atoms with Gasteiger partial charge < -0.3 is 10.2 Å². The summed E-state index contributed by atoms with van der Waals surface area (Å²) < 4.78 is 0. The van der Waals surface area contributed by atoms with E-state index in [1.807, 2.05) is 6.08 Å². The maximum Gasteiger partial charge on any atom is 0.243 e. The quantitative estimate of drug-likeness (QED) is 0.748. The Morgan fingerprint density at radius 1 is 1.42 bits per heavy atom. The van der Waals surface area contributed by atoms with Gasteiger partial charge in [0.2, 0.25) is 11.8 Å². The molecule has 19 heavy (non-hydrogen) atoms. The molecule has 1 unspecified atom stereocenters. The van der Waals surface area contributed by atoms with Crippen LogP contribution in [0.4, 0.5) is 0 Å². The van der Waals surface area contributed by atoms with E-state index in [9.17, 15) is 9.59 Å². The Labute approximate surface area is 114 Å². The fraction of sp³-hybridized carbons (Fsp3) is 0.714. The Morgan fingerprint density at radius 2 is 2.16 bits per heavy atom. The number of carbonyl (C=O) groups is 2. The number of amides is 2. The number of carbonyl (C=O) groups excluding carboxylic acids is 2. The lowest BCUT2D eigenvalue weighted by molar-refractivity contribution is -0.133. The summed E-state index contributed by atoms with van der Waals surface area (Å²) in [7, 11) is 1.78. The Morgan fingerprint density at radius 3 is 2.84 bits per heavy atom. The minimum atomic E-state index is -0.0491. The van der Waals surface area contributed by atoms with E-state index in [1.165, 1.54) is 12.8 Å². The summed E-state index contributed by atoms with van der Waals surface area (Å²) in [5.41, 5.74) is 0. The molecule has 2 amide bonds. The number of piperidine rings is 1. The van der Waals surface area contributed by atoms with Gasteiger partial charge in [-0.2, -0.15) is 0 Å². The van der Waals surface area contributed by atoms with E-state index in [1.54, 1.807) is 18.0 Å². The van der Waals surface area contributed by atoms with E-state index in [2.05, 4.69) is 10.2 Å². The third kappa shape index (κ3) is 4.35. The summed E-state index contributed by atoms with van der Waals surface area (Å²) in [6, 6.07) is 0.0895. The van der Waals surface area contributed by atoms with E-state index in [4.69, 9.17) is 0 Å². The molecule has 5 nitrogen and oxygen atoms in total. The minimum absolute atomic E-state index is 0.0491. The van der Waals surface area contributed by atoms with E-state index in [-0.39, 0.29) is 17.9 Å². The van der Waals surface area contributed by atoms with Crippen LogP contribution in [0.3, 0.4) is 0 Å². The van der Waals surface area contributed by atoms with Gasteiger partial charge in [0.05, 0.1) is 0 Å². The van der Waals surface area contributed by atoms with Crippen molar-refractivity contribution in [2.24, 2.45) is 0 Å². The summed E-state index contributed by atoms with van der Waals surface area (Å²) in [6.07, 6.45) is 7.35. The molecular formula is C14H23N3O2. The van der Waals surface area contributed by atoms with Crippen molar-refractivity contribution in [1.29, 1.82) is 0 Å². The molecule has 2 aliphatic rings. The highest BCUT2D eigenvalue weighted by Gasteiger charge is 2.23. The molecule has 2 fully saturated rings. The normalized spacial score (nSPS) is 25.2. The zero-order valence-corrected chi connectivity index (χ0v) is 11.6. The van der Waals surface area contributed by atoms with Crippen LogP contribution >= 0.6 is 0 Å². The van der Waals surface area contributed by atoms with Crippen LogP contribution in [0.15, 0.2) is 12.2 Å². The van der Waals surface area contributed by atoms with Gasteiger partial charge in [-0.1, -0.05) is 6.08 Å². The highest BCUT2D eigenvalue weighted by atomic mass is 16.2. The molecule has 0 aliphatic carbocycles. The molecule has 2 aliphatic heterocycles. The molecular weight excluding hydrogens is 242 g/mol. The maximum atomic E-state index is 11.8. The fourth-order valence-electron chi connectivity index (χ4n) is 2.65. The smallest absolute Gasteiger partial charge is 0.243 e. The Kier molecular flexibility index (Phi) is 4.96. The summed E-state index contributed by atoms with van der Waals surface area (Å²) in [6.45, 7) is 3.75. The van der Waals surface area contributed by atoms with E-state index < -0.39 is 0 Å². The van der Waals surface area contributed by atoms with Gasteiger partial charge in [0.25, 0.3) is 0 Å². The third-order valence-electron chi connectivity index (χ3n) is 3.80. The Bertz CT molecular complexity index is 362. The van der Waals surface area contributed by atoms with Crippen molar-refractivity contribution in [3.8, 4) is 0 Å². The van der Waals surface area contributed by atoms with Crippen molar-refractivity contribution in [3.63, 3.8) is 0 Å². The lowest BCUT2D eigenvalue weighted by Gasteiger charge is -2.29. The Hall–Kier alpha value is -1.36. The van der Waals surface area contributed by atoms with Crippen LogP contribution in [0, 0.1) is 0 Å². The standard InChI is InChI=1S/C14H23N3O2/c1-16-11-12(6-7-14(16)19)15-13(18)5-4-10-17-8-2-3-9-17/h4-5,12H,2-3,6-11H2,1H3,(H,15,18)/b5-4+. The predicted octanol–water partition coefficient (Wildman–Crippen LogP) is 0.375. The lowest BCUT2D eigenvalue weighted by Crippen LogP contribution is -2.48. The number of hydrogen-bond acceptors (Lipinski definition) is 3. The average molecular weight is 265 g/mol. The van der Waals surface area contributed by atoms with Crippen molar-refractivity contribution in [2.45, 2.75) is 31.7 Å². The first-order valence-corrected chi connectivity index (χ1v) is 7.08. The van der Waals surface area contributed by atoms with Gasteiger partial charge in [-0.3, -0.25) is 14.5 Å². The first-order chi connectivity index (χ1) is 9.15. The average Bonchev–Trinajstić information content (AvgIpc) is 2.87. The van der Waals surface area contributed by atoms with Gasteiger partial charge in [-0.05, 0) is 32.4 Å². The molecule has 106 valence electrons. The van der Waals surface area contributed by atoms with Crippen molar-refractivity contribution >= 4 is 11.8 Å². The molecule has 2 rings (SSSR count). The molecule has 0 radical (unpaired) electrons. The first kappa shape index (κ1) is 14.1. The summed E-state index contributed by atoms with van der Waals surface area (Å²) >= 11 is 0. The monoisotopic (exact) mass is 265 g/mol. The molecule has 0 aromatic rings. The summed E-state index contributed by atoms with van der Waals surface area (Å²) in [5, 5.41) is 2.96. The zero-order valence-electron chi connectivity index (χ0n) is 11.6. The second-order valence-corrected chi connectivity index (χ2v) is 5.43. The number of likely N-dealkylation sites (tertiary alicyclic amines) is 2. The van der Waals surface area contributed by atoms with Crippen LogP contribution < -0.4 is 5.32 Å². The lowest BCUT2D eigenvalue weighted by atomic mass is 10.1. The van der Waals surface area contributed by atoms with Crippen LogP contribution in [0.2, 0.25) is 0 Å². The molecule has 0 aromatic carbocycles. The van der Waals surface area contributed by atoms with Gasteiger partial charge in [0.1, 0.15) is 0 Å². The Balaban J connectivity index is 1.68. The molecule has 1 atom stereocenters. The number of likely N-dealkylation sites (N-methyl/N-ethyl adjacent to an activating group) is 1. The van der Waals surface area contributed by atoms with Gasteiger partial charge in [-0.15, -0.1) is 0 Å². The van der Waals surface area contributed by atoms with Crippen molar-refractivity contribution in [1.82, 2.24) is 15.1 Å². The molecule has 0 spiro atoms. The molecule has 2 heterocycles. The van der Waals surface area contributed by atoms with Gasteiger partial charge in [0.15, 0.2) is 0 Å². The summed E-state index contributed by atoms with van der Waals surface area (Å²) in [4.78, 5) is 27.1. The largest absolute Gasteiger partial charge is 0.348 e. The number of hydrogen-bond donors (Lipinski definition) is 1. The first-order valence-electron chi connectivity index (χ1n) is 7.08. The second-order valence-electron chi connectivity index (χ2n) is 5.43. The van der Waals surface area contributed by atoms with Gasteiger partial charge >= 0.3 is 0 Å². The molecule has 2 saturated heterocycles. The zero-order chi connectivity index (χ0) is 13.7. The van der Waals surface area contributed by atoms with Gasteiger partial charge in [0, 0.05) is 38.7 Å². The fourth-order valence-corrected chi connectivity index (χ4v) is 2.65. The van der Waals surface area contributed by atoms with Crippen molar-refractivity contribution < 1.29 is 9.59 Å². The predicted molar refractivity (Wildman–Crippen MR) is 73.6 cm³/mol. The number of nitrogens with one attached hydrogen (secondary N) is 1. The number of rotatable bonds is 4.